The van der Waals surface area contributed by atoms with Crippen LogP contribution in [0.2, 0.25) is 0 Å². The fourth-order valence-electron chi connectivity index (χ4n) is 1.94. The summed E-state index contributed by atoms with van der Waals surface area (Å²) in [5.41, 5.74) is 6.28. The zero-order valence-corrected chi connectivity index (χ0v) is 9.61. The normalized spacial score (nSPS) is 14.7. The molecule has 0 aliphatic heterocycles. The Labute approximate surface area is 103 Å². The Morgan fingerprint density at radius 1 is 1.39 bits per heavy atom. The van der Waals surface area contributed by atoms with Crippen LogP contribution in [0, 0.1) is 5.82 Å². The van der Waals surface area contributed by atoms with Crippen molar-refractivity contribution in [3.8, 4) is 0 Å². The molecule has 0 radical (unpaired) electrons. The molecule has 1 amide bonds. The van der Waals surface area contributed by atoms with Gasteiger partial charge in [-0.3, -0.25) is 9.78 Å². The summed E-state index contributed by atoms with van der Waals surface area (Å²) in [7, 11) is 0. The molecule has 0 unspecified atom stereocenters. The molecule has 2 aromatic rings. The molecule has 0 saturated heterocycles. The van der Waals surface area contributed by atoms with Gasteiger partial charge in [-0.15, -0.1) is 0 Å². The van der Waals surface area contributed by atoms with Gasteiger partial charge in [0, 0.05) is 28.7 Å². The molecule has 1 fully saturated rings. The lowest BCUT2D eigenvalue weighted by Gasteiger charge is -2.08. The molecule has 18 heavy (non-hydrogen) atoms. The van der Waals surface area contributed by atoms with E-state index in [1.54, 1.807) is 6.07 Å². The summed E-state index contributed by atoms with van der Waals surface area (Å²) in [6.45, 7) is 0. The smallest absolute Gasteiger partial charge is 0.270 e. The van der Waals surface area contributed by atoms with Crippen molar-refractivity contribution in [3.63, 3.8) is 0 Å². The molecule has 0 bridgehead atoms. The average Bonchev–Trinajstić information content (AvgIpc) is 3.12. The Hall–Kier alpha value is -2.17. The molecule has 1 heterocycles. The van der Waals surface area contributed by atoms with Gasteiger partial charge in [-0.2, -0.15) is 0 Å². The molecule has 1 aliphatic rings. The maximum Gasteiger partial charge on any atom is 0.270 e. The van der Waals surface area contributed by atoms with Gasteiger partial charge in [0.1, 0.15) is 11.5 Å². The lowest BCUT2D eigenvalue weighted by molar-refractivity contribution is 0.0948. The number of benzene rings is 1. The number of hydrogen-bond donors (Lipinski definition) is 2. The number of aromatic nitrogens is 1. The molecular weight excluding hydrogens is 233 g/mol. The minimum absolute atomic E-state index is 0.227. The van der Waals surface area contributed by atoms with Crippen LogP contribution in [-0.4, -0.2) is 16.9 Å². The van der Waals surface area contributed by atoms with Gasteiger partial charge in [0.2, 0.25) is 0 Å². The minimum atomic E-state index is -0.464. The zero-order chi connectivity index (χ0) is 12.7. The van der Waals surface area contributed by atoms with Crippen LogP contribution in [0.3, 0.4) is 0 Å². The van der Waals surface area contributed by atoms with Crippen molar-refractivity contribution in [2.24, 2.45) is 0 Å². The predicted octanol–water partition coefficient (Wildman–Crippen LogP) is 1.85. The Morgan fingerprint density at radius 2 is 2.17 bits per heavy atom. The van der Waals surface area contributed by atoms with E-state index >= 15 is 0 Å². The highest BCUT2D eigenvalue weighted by molar-refractivity contribution is 6.08. The van der Waals surface area contributed by atoms with E-state index in [9.17, 15) is 9.18 Å². The van der Waals surface area contributed by atoms with Crippen molar-refractivity contribution in [1.82, 2.24) is 10.3 Å². The summed E-state index contributed by atoms with van der Waals surface area (Å²) in [4.78, 5) is 16.0. The van der Waals surface area contributed by atoms with Crippen molar-refractivity contribution in [2.75, 3.05) is 5.73 Å². The van der Waals surface area contributed by atoms with Crippen LogP contribution in [0.25, 0.3) is 10.8 Å². The van der Waals surface area contributed by atoms with Crippen molar-refractivity contribution in [2.45, 2.75) is 18.9 Å². The fourth-order valence-corrected chi connectivity index (χ4v) is 1.94. The zero-order valence-electron chi connectivity index (χ0n) is 9.61. The van der Waals surface area contributed by atoms with Gasteiger partial charge >= 0.3 is 0 Å². The Balaban J connectivity index is 2.13. The van der Waals surface area contributed by atoms with E-state index in [1.165, 1.54) is 18.3 Å². The first-order chi connectivity index (χ1) is 8.65. The van der Waals surface area contributed by atoms with Crippen LogP contribution >= 0.6 is 0 Å². The van der Waals surface area contributed by atoms with Gasteiger partial charge in [0.25, 0.3) is 5.91 Å². The van der Waals surface area contributed by atoms with Crippen LogP contribution in [-0.2, 0) is 0 Å². The quantitative estimate of drug-likeness (QED) is 0.793. The van der Waals surface area contributed by atoms with E-state index in [2.05, 4.69) is 10.3 Å². The largest absolute Gasteiger partial charge is 0.398 e. The number of hydrogen-bond acceptors (Lipinski definition) is 3. The molecule has 3 rings (SSSR count). The number of rotatable bonds is 2. The number of nitrogens with one attached hydrogen (secondary N) is 1. The molecular formula is C13H12FN3O. The molecule has 1 aliphatic carbocycles. The van der Waals surface area contributed by atoms with Crippen molar-refractivity contribution in [1.29, 1.82) is 0 Å². The first-order valence-electron chi connectivity index (χ1n) is 5.80. The maximum absolute atomic E-state index is 13.4. The summed E-state index contributed by atoms with van der Waals surface area (Å²) < 4.78 is 13.4. The van der Waals surface area contributed by atoms with E-state index < -0.39 is 5.82 Å². The maximum atomic E-state index is 13.4. The molecule has 4 nitrogen and oxygen atoms in total. The number of halogens is 1. The molecule has 3 N–H and O–H groups in total. The van der Waals surface area contributed by atoms with E-state index in [1.807, 2.05) is 0 Å². The van der Waals surface area contributed by atoms with Gasteiger partial charge < -0.3 is 11.1 Å². The molecule has 1 aromatic heterocycles. The summed E-state index contributed by atoms with van der Waals surface area (Å²) in [5, 5.41) is 3.93. The molecule has 0 spiro atoms. The third-order valence-electron chi connectivity index (χ3n) is 3.00. The van der Waals surface area contributed by atoms with E-state index in [-0.39, 0.29) is 17.6 Å². The van der Waals surface area contributed by atoms with Crippen LogP contribution < -0.4 is 11.1 Å². The second kappa shape index (κ2) is 3.94. The SMILES string of the molecule is Nc1cc(F)cc2c(C(=O)NC3CC3)nccc12. The van der Waals surface area contributed by atoms with Gasteiger partial charge in [-0.1, -0.05) is 0 Å². The lowest BCUT2D eigenvalue weighted by atomic mass is 10.1. The van der Waals surface area contributed by atoms with Crippen LogP contribution in [0.5, 0.6) is 0 Å². The Kier molecular flexibility index (Phi) is 2.40. The van der Waals surface area contributed by atoms with Crippen molar-refractivity contribution in [3.05, 3.63) is 35.9 Å². The highest BCUT2D eigenvalue weighted by Crippen LogP contribution is 2.25. The second-order valence-corrected chi connectivity index (χ2v) is 4.50. The summed E-state index contributed by atoms with van der Waals surface area (Å²) >= 11 is 0. The lowest BCUT2D eigenvalue weighted by Crippen LogP contribution is -2.26. The second-order valence-electron chi connectivity index (χ2n) is 4.50. The Morgan fingerprint density at radius 3 is 2.89 bits per heavy atom. The third-order valence-corrected chi connectivity index (χ3v) is 3.00. The van der Waals surface area contributed by atoms with Crippen LogP contribution in [0.4, 0.5) is 10.1 Å². The number of nitrogens with zero attached hydrogens (tertiary/aromatic N) is 1. The number of nitrogen functional groups attached to an aromatic ring is 1. The van der Waals surface area contributed by atoms with Gasteiger partial charge in [-0.05, 0) is 31.0 Å². The van der Waals surface area contributed by atoms with Crippen LogP contribution in [0.15, 0.2) is 24.4 Å². The van der Waals surface area contributed by atoms with E-state index in [4.69, 9.17) is 5.73 Å². The standard InChI is InChI=1S/C13H12FN3O/c14-7-5-10-9(11(15)6-7)3-4-16-12(10)13(18)17-8-1-2-8/h3-6,8H,1-2,15H2,(H,17,18). The predicted molar refractivity (Wildman–Crippen MR) is 66.6 cm³/mol. The number of anilines is 1. The molecule has 5 heteroatoms. The van der Waals surface area contributed by atoms with E-state index in [0.29, 0.717) is 16.5 Å². The minimum Gasteiger partial charge on any atom is -0.398 e. The highest BCUT2D eigenvalue weighted by Gasteiger charge is 2.25. The molecule has 1 saturated carbocycles. The monoisotopic (exact) mass is 245 g/mol. The summed E-state index contributed by atoms with van der Waals surface area (Å²) in [6, 6.07) is 4.45. The van der Waals surface area contributed by atoms with Crippen LogP contribution in [0.1, 0.15) is 23.3 Å². The van der Waals surface area contributed by atoms with Gasteiger partial charge in [0.15, 0.2) is 0 Å². The third kappa shape index (κ3) is 1.88. The summed E-state index contributed by atoms with van der Waals surface area (Å²) in [5.74, 6) is -0.735. The van der Waals surface area contributed by atoms with E-state index in [0.717, 1.165) is 12.8 Å². The highest BCUT2D eigenvalue weighted by atomic mass is 19.1. The van der Waals surface area contributed by atoms with Crippen molar-refractivity contribution >= 4 is 22.4 Å². The van der Waals surface area contributed by atoms with Gasteiger partial charge in [-0.25, -0.2) is 4.39 Å². The first kappa shape index (κ1) is 11.0. The number of nitrogens with two attached hydrogens (primary N) is 1. The Bertz CT molecular complexity index is 637. The number of carbonyl (C=O) groups excluding carboxylic acids is 1. The fraction of sp³-hybridized carbons (Fsp3) is 0.231. The number of fused-ring (bicyclic) bond motifs is 1. The average molecular weight is 245 g/mol. The number of amides is 1. The van der Waals surface area contributed by atoms with Crippen molar-refractivity contribution < 1.29 is 9.18 Å². The topological polar surface area (TPSA) is 68.0 Å². The molecule has 1 aromatic carbocycles. The summed E-state index contributed by atoms with van der Waals surface area (Å²) in [6.07, 6.45) is 3.50. The number of pyridine rings is 1. The number of carbonyl (C=O) groups is 1. The van der Waals surface area contributed by atoms with Gasteiger partial charge in [0.05, 0.1) is 0 Å². The molecule has 0 atom stereocenters. The first-order valence-corrected chi connectivity index (χ1v) is 5.80. The molecule has 92 valence electrons.